The summed E-state index contributed by atoms with van der Waals surface area (Å²) in [6.45, 7) is 3.98. The van der Waals surface area contributed by atoms with Crippen molar-refractivity contribution in [3.63, 3.8) is 0 Å². The van der Waals surface area contributed by atoms with Crippen molar-refractivity contribution in [3.05, 3.63) is 35.0 Å². The summed E-state index contributed by atoms with van der Waals surface area (Å²) in [6.07, 6.45) is 2.04. The van der Waals surface area contributed by atoms with Crippen LogP contribution in [0, 0.1) is 6.92 Å². The number of aryl methyl sites for hydroxylation is 1. The van der Waals surface area contributed by atoms with E-state index in [1.54, 1.807) is 0 Å². The van der Waals surface area contributed by atoms with Crippen molar-refractivity contribution in [2.45, 2.75) is 25.8 Å². The number of hydrogen-bond donors (Lipinski definition) is 2. The summed E-state index contributed by atoms with van der Waals surface area (Å²) in [5.74, 6) is 1.02. The molecule has 0 aliphatic carbocycles. The van der Waals surface area contributed by atoms with E-state index in [9.17, 15) is 0 Å². The van der Waals surface area contributed by atoms with Gasteiger partial charge in [-0.15, -0.1) is 0 Å². The molecule has 0 unspecified atom stereocenters. The van der Waals surface area contributed by atoms with Gasteiger partial charge >= 0.3 is 0 Å². The number of nitrogens with one attached hydrogen (secondary N) is 1. The van der Waals surface area contributed by atoms with Crippen LogP contribution < -0.4 is 10.6 Å². The quantitative estimate of drug-likeness (QED) is 0.894. The molecule has 1 aromatic carbocycles. The number of aromatic nitrogens is 2. The molecule has 0 spiro atoms. The lowest BCUT2D eigenvalue weighted by Gasteiger charge is -2.31. The molecule has 1 fully saturated rings. The van der Waals surface area contributed by atoms with E-state index < -0.39 is 0 Å². The largest absolute Gasteiger partial charge is 0.355 e. The monoisotopic (exact) mass is 290 g/mol. The van der Waals surface area contributed by atoms with E-state index in [1.807, 2.05) is 24.3 Å². The van der Waals surface area contributed by atoms with Gasteiger partial charge in [0.25, 0.3) is 0 Å². The number of H-pyrrole nitrogens is 1. The number of rotatable bonds is 2. The van der Waals surface area contributed by atoms with Crippen molar-refractivity contribution in [3.8, 4) is 11.1 Å². The molecule has 2 aromatic rings. The second-order valence-corrected chi connectivity index (χ2v) is 5.82. The van der Waals surface area contributed by atoms with Gasteiger partial charge in [-0.25, -0.2) is 0 Å². The molecule has 20 heavy (non-hydrogen) atoms. The Hall–Kier alpha value is -1.52. The Bertz CT molecular complexity index is 582. The molecule has 4 nitrogen and oxygen atoms in total. The Morgan fingerprint density at radius 1 is 1.25 bits per heavy atom. The van der Waals surface area contributed by atoms with E-state index in [1.165, 1.54) is 0 Å². The van der Waals surface area contributed by atoms with E-state index in [-0.39, 0.29) is 0 Å². The fourth-order valence-electron chi connectivity index (χ4n) is 2.72. The van der Waals surface area contributed by atoms with Gasteiger partial charge < -0.3 is 10.6 Å². The summed E-state index contributed by atoms with van der Waals surface area (Å²) >= 11 is 5.97. The lowest BCUT2D eigenvalue weighted by Crippen LogP contribution is -2.40. The standard InChI is InChI=1S/C15H19ClN4/c1-10-14(11-2-4-12(16)5-3-11)15(19-18-10)20-8-6-13(17)7-9-20/h2-5,13H,6-9,17H2,1H3,(H,18,19). The van der Waals surface area contributed by atoms with Gasteiger partial charge in [-0.2, -0.15) is 5.10 Å². The third-order valence-electron chi connectivity index (χ3n) is 3.90. The molecule has 3 N–H and O–H groups in total. The molecule has 1 aromatic heterocycles. The minimum atomic E-state index is 0.324. The minimum absolute atomic E-state index is 0.324. The first-order valence-electron chi connectivity index (χ1n) is 6.96. The van der Waals surface area contributed by atoms with Crippen LogP contribution in [0.3, 0.4) is 0 Å². The van der Waals surface area contributed by atoms with Crippen LogP contribution >= 0.6 is 11.6 Å². The smallest absolute Gasteiger partial charge is 0.158 e. The van der Waals surface area contributed by atoms with Crippen LogP contribution in [-0.4, -0.2) is 29.3 Å². The normalized spacial score (nSPS) is 16.6. The zero-order valence-electron chi connectivity index (χ0n) is 11.6. The van der Waals surface area contributed by atoms with Gasteiger partial charge in [0, 0.05) is 35.4 Å². The Labute approximate surface area is 123 Å². The van der Waals surface area contributed by atoms with Crippen LogP contribution in [-0.2, 0) is 0 Å². The van der Waals surface area contributed by atoms with Crippen LogP contribution in [0.4, 0.5) is 5.82 Å². The number of benzene rings is 1. The van der Waals surface area contributed by atoms with Crippen LogP contribution in [0.15, 0.2) is 24.3 Å². The van der Waals surface area contributed by atoms with Crippen LogP contribution in [0.1, 0.15) is 18.5 Å². The highest BCUT2D eigenvalue weighted by Gasteiger charge is 2.22. The molecule has 0 saturated carbocycles. The van der Waals surface area contributed by atoms with Crippen molar-refractivity contribution in [2.24, 2.45) is 5.73 Å². The van der Waals surface area contributed by atoms with E-state index in [2.05, 4.69) is 22.0 Å². The van der Waals surface area contributed by atoms with Crippen LogP contribution in [0.2, 0.25) is 5.02 Å². The van der Waals surface area contributed by atoms with Gasteiger partial charge in [0.15, 0.2) is 5.82 Å². The van der Waals surface area contributed by atoms with E-state index >= 15 is 0 Å². The highest BCUT2D eigenvalue weighted by atomic mass is 35.5. The van der Waals surface area contributed by atoms with Gasteiger partial charge in [-0.1, -0.05) is 23.7 Å². The number of nitrogens with two attached hydrogens (primary N) is 1. The summed E-state index contributed by atoms with van der Waals surface area (Å²) in [7, 11) is 0. The van der Waals surface area contributed by atoms with E-state index in [4.69, 9.17) is 17.3 Å². The van der Waals surface area contributed by atoms with Crippen molar-refractivity contribution >= 4 is 17.4 Å². The zero-order chi connectivity index (χ0) is 14.1. The molecule has 2 heterocycles. The molecule has 1 saturated heterocycles. The third kappa shape index (κ3) is 2.53. The molecule has 3 rings (SSSR count). The Balaban J connectivity index is 1.95. The van der Waals surface area contributed by atoms with Crippen molar-refractivity contribution in [2.75, 3.05) is 18.0 Å². The number of nitrogens with zero attached hydrogens (tertiary/aromatic N) is 2. The summed E-state index contributed by atoms with van der Waals surface area (Å²) in [5.41, 5.74) is 9.37. The number of halogens is 1. The maximum atomic E-state index is 5.98. The van der Waals surface area contributed by atoms with Crippen molar-refractivity contribution in [1.82, 2.24) is 10.2 Å². The number of anilines is 1. The Morgan fingerprint density at radius 3 is 2.55 bits per heavy atom. The number of piperidine rings is 1. The van der Waals surface area contributed by atoms with E-state index in [0.717, 1.165) is 53.6 Å². The first-order chi connectivity index (χ1) is 9.65. The Morgan fingerprint density at radius 2 is 1.90 bits per heavy atom. The first kappa shape index (κ1) is 13.5. The average molecular weight is 291 g/mol. The van der Waals surface area contributed by atoms with Gasteiger partial charge in [0.1, 0.15) is 0 Å². The topological polar surface area (TPSA) is 57.9 Å². The predicted octanol–water partition coefficient (Wildman–Crippen LogP) is 2.97. The SMILES string of the molecule is Cc1[nH]nc(N2CCC(N)CC2)c1-c1ccc(Cl)cc1. The molecule has 1 aliphatic rings. The molecular weight excluding hydrogens is 272 g/mol. The molecule has 0 bridgehead atoms. The van der Waals surface area contributed by atoms with Crippen molar-refractivity contribution < 1.29 is 0 Å². The lowest BCUT2D eigenvalue weighted by atomic mass is 10.0. The average Bonchev–Trinajstić information content (AvgIpc) is 2.83. The number of hydrogen-bond acceptors (Lipinski definition) is 3. The highest BCUT2D eigenvalue weighted by Crippen LogP contribution is 2.33. The Kier molecular flexibility index (Phi) is 3.68. The fourth-order valence-corrected chi connectivity index (χ4v) is 2.84. The molecule has 0 amide bonds. The number of aromatic amines is 1. The van der Waals surface area contributed by atoms with Crippen molar-refractivity contribution in [1.29, 1.82) is 0 Å². The summed E-state index contributed by atoms with van der Waals surface area (Å²) in [5, 5.41) is 8.34. The first-order valence-corrected chi connectivity index (χ1v) is 7.34. The highest BCUT2D eigenvalue weighted by molar-refractivity contribution is 6.30. The van der Waals surface area contributed by atoms with Gasteiger partial charge in [-0.05, 0) is 37.5 Å². The van der Waals surface area contributed by atoms with Gasteiger partial charge in [0.2, 0.25) is 0 Å². The second-order valence-electron chi connectivity index (χ2n) is 5.38. The summed E-state index contributed by atoms with van der Waals surface area (Å²) in [6, 6.07) is 8.24. The fraction of sp³-hybridized carbons (Fsp3) is 0.400. The van der Waals surface area contributed by atoms with Crippen LogP contribution in [0.5, 0.6) is 0 Å². The molecule has 0 atom stereocenters. The molecule has 106 valence electrons. The molecule has 1 aliphatic heterocycles. The maximum absolute atomic E-state index is 5.98. The lowest BCUT2D eigenvalue weighted by molar-refractivity contribution is 0.498. The van der Waals surface area contributed by atoms with E-state index in [0.29, 0.717) is 6.04 Å². The zero-order valence-corrected chi connectivity index (χ0v) is 12.3. The predicted molar refractivity (Wildman–Crippen MR) is 83.2 cm³/mol. The summed E-state index contributed by atoms with van der Waals surface area (Å²) < 4.78 is 0. The minimum Gasteiger partial charge on any atom is -0.355 e. The second kappa shape index (κ2) is 5.46. The van der Waals surface area contributed by atoms with Crippen LogP contribution in [0.25, 0.3) is 11.1 Å². The molecular formula is C15H19ClN4. The molecule has 5 heteroatoms. The molecule has 0 radical (unpaired) electrons. The summed E-state index contributed by atoms with van der Waals surface area (Å²) in [4.78, 5) is 2.32. The van der Waals surface area contributed by atoms with Gasteiger partial charge in [-0.3, -0.25) is 5.10 Å². The third-order valence-corrected chi connectivity index (χ3v) is 4.15. The van der Waals surface area contributed by atoms with Gasteiger partial charge in [0.05, 0.1) is 0 Å². The maximum Gasteiger partial charge on any atom is 0.158 e.